The van der Waals surface area contributed by atoms with Gasteiger partial charge in [0.1, 0.15) is 0 Å². The van der Waals surface area contributed by atoms with Crippen molar-refractivity contribution in [3.05, 3.63) is 12.3 Å². The summed E-state index contributed by atoms with van der Waals surface area (Å²) < 4.78 is 5.11. The fourth-order valence-corrected chi connectivity index (χ4v) is 2.34. The van der Waals surface area contributed by atoms with Crippen LogP contribution in [0.4, 0.5) is 5.95 Å². The molecular formula is C14H22N4O2. The van der Waals surface area contributed by atoms with Gasteiger partial charge in [-0.25, -0.2) is 4.98 Å². The third kappa shape index (κ3) is 3.59. The maximum absolute atomic E-state index is 12.0. The Morgan fingerprint density at radius 3 is 2.75 bits per heavy atom. The number of amides is 1. The molecule has 2 heterocycles. The molecule has 0 spiro atoms. The molecule has 0 bridgehead atoms. The molecular weight excluding hydrogens is 256 g/mol. The van der Waals surface area contributed by atoms with Gasteiger partial charge in [0, 0.05) is 37.3 Å². The molecule has 20 heavy (non-hydrogen) atoms. The van der Waals surface area contributed by atoms with Crippen molar-refractivity contribution in [2.75, 3.05) is 25.1 Å². The monoisotopic (exact) mass is 278 g/mol. The SMILES string of the molecule is COc1ccnc(N2CCC(C(=O)NC(C)C)CC2)n1. The number of carbonyl (C=O) groups is 1. The fraction of sp³-hybridized carbons (Fsp3) is 0.643. The van der Waals surface area contributed by atoms with E-state index >= 15 is 0 Å². The van der Waals surface area contributed by atoms with Crippen LogP contribution in [0.2, 0.25) is 0 Å². The van der Waals surface area contributed by atoms with Crippen LogP contribution in [0.3, 0.4) is 0 Å². The van der Waals surface area contributed by atoms with Crippen molar-refractivity contribution in [1.82, 2.24) is 15.3 Å². The highest BCUT2D eigenvalue weighted by Crippen LogP contribution is 2.21. The van der Waals surface area contributed by atoms with Crippen molar-refractivity contribution in [2.45, 2.75) is 32.7 Å². The number of carbonyl (C=O) groups excluding carboxylic acids is 1. The zero-order valence-corrected chi connectivity index (χ0v) is 12.3. The van der Waals surface area contributed by atoms with Gasteiger partial charge in [0.25, 0.3) is 0 Å². The summed E-state index contributed by atoms with van der Waals surface area (Å²) >= 11 is 0. The lowest BCUT2D eigenvalue weighted by Crippen LogP contribution is -2.42. The van der Waals surface area contributed by atoms with Gasteiger partial charge in [-0.15, -0.1) is 0 Å². The molecule has 0 unspecified atom stereocenters. The molecule has 0 radical (unpaired) electrons. The maximum Gasteiger partial charge on any atom is 0.228 e. The van der Waals surface area contributed by atoms with Gasteiger partial charge in [-0.05, 0) is 26.7 Å². The van der Waals surface area contributed by atoms with Crippen LogP contribution in [-0.2, 0) is 4.79 Å². The molecule has 6 nitrogen and oxygen atoms in total. The highest BCUT2D eigenvalue weighted by Gasteiger charge is 2.26. The number of nitrogens with zero attached hydrogens (tertiary/aromatic N) is 3. The number of hydrogen-bond acceptors (Lipinski definition) is 5. The Balaban J connectivity index is 1.92. The molecule has 0 saturated carbocycles. The summed E-state index contributed by atoms with van der Waals surface area (Å²) in [5, 5.41) is 2.98. The first kappa shape index (κ1) is 14.6. The minimum Gasteiger partial charge on any atom is -0.481 e. The summed E-state index contributed by atoms with van der Waals surface area (Å²) in [5.41, 5.74) is 0. The number of hydrogen-bond donors (Lipinski definition) is 1. The highest BCUT2D eigenvalue weighted by molar-refractivity contribution is 5.79. The molecule has 0 aliphatic carbocycles. The summed E-state index contributed by atoms with van der Waals surface area (Å²) in [6.07, 6.45) is 3.36. The number of nitrogens with one attached hydrogen (secondary N) is 1. The van der Waals surface area contributed by atoms with Crippen molar-refractivity contribution in [2.24, 2.45) is 5.92 Å². The van der Waals surface area contributed by atoms with E-state index in [1.54, 1.807) is 19.4 Å². The smallest absolute Gasteiger partial charge is 0.228 e. The van der Waals surface area contributed by atoms with Gasteiger partial charge < -0.3 is 15.0 Å². The second kappa shape index (κ2) is 6.54. The Kier molecular flexibility index (Phi) is 4.76. The summed E-state index contributed by atoms with van der Waals surface area (Å²) in [5.74, 6) is 1.49. The van der Waals surface area contributed by atoms with E-state index in [-0.39, 0.29) is 17.9 Å². The van der Waals surface area contributed by atoms with Gasteiger partial charge in [-0.3, -0.25) is 4.79 Å². The van der Waals surface area contributed by atoms with Crippen molar-refractivity contribution in [3.8, 4) is 5.88 Å². The molecule has 110 valence electrons. The van der Waals surface area contributed by atoms with E-state index < -0.39 is 0 Å². The van der Waals surface area contributed by atoms with Crippen LogP contribution in [-0.4, -0.2) is 42.1 Å². The summed E-state index contributed by atoms with van der Waals surface area (Å²) in [4.78, 5) is 22.7. The second-order valence-electron chi connectivity index (χ2n) is 5.32. The van der Waals surface area contributed by atoms with Gasteiger partial charge in [0.05, 0.1) is 7.11 Å². The van der Waals surface area contributed by atoms with Gasteiger partial charge in [-0.1, -0.05) is 0 Å². The summed E-state index contributed by atoms with van der Waals surface area (Å²) in [6.45, 7) is 5.56. The first-order valence-electron chi connectivity index (χ1n) is 7.02. The molecule has 1 N–H and O–H groups in total. The van der Waals surface area contributed by atoms with Crippen molar-refractivity contribution in [1.29, 1.82) is 0 Å². The third-order valence-electron chi connectivity index (χ3n) is 3.41. The zero-order chi connectivity index (χ0) is 14.5. The van der Waals surface area contributed by atoms with Crippen LogP contribution in [0.15, 0.2) is 12.3 Å². The van der Waals surface area contributed by atoms with Crippen LogP contribution >= 0.6 is 0 Å². The van der Waals surface area contributed by atoms with E-state index in [2.05, 4.69) is 20.2 Å². The summed E-state index contributed by atoms with van der Waals surface area (Å²) in [6, 6.07) is 1.93. The average Bonchev–Trinajstić information content (AvgIpc) is 2.47. The molecule has 0 atom stereocenters. The Morgan fingerprint density at radius 2 is 2.15 bits per heavy atom. The van der Waals surface area contributed by atoms with Crippen molar-refractivity contribution in [3.63, 3.8) is 0 Å². The molecule has 1 aromatic rings. The Bertz CT molecular complexity index is 456. The normalized spacial score (nSPS) is 16.3. The number of methoxy groups -OCH3 is 1. The molecule has 1 amide bonds. The Labute approximate surface area is 119 Å². The first-order chi connectivity index (χ1) is 9.60. The first-order valence-corrected chi connectivity index (χ1v) is 7.02. The minimum absolute atomic E-state index is 0.0965. The van der Waals surface area contributed by atoms with Crippen LogP contribution in [0.5, 0.6) is 5.88 Å². The zero-order valence-electron chi connectivity index (χ0n) is 12.3. The predicted octanol–water partition coefficient (Wildman–Crippen LogP) is 1.23. The largest absolute Gasteiger partial charge is 0.481 e. The van der Waals surface area contributed by atoms with Crippen molar-refractivity contribution >= 4 is 11.9 Å². The Hall–Kier alpha value is -1.85. The lowest BCUT2D eigenvalue weighted by Gasteiger charge is -2.31. The number of ether oxygens (including phenoxy) is 1. The van der Waals surface area contributed by atoms with Crippen molar-refractivity contribution < 1.29 is 9.53 Å². The molecule has 1 saturated heterocycles. The van der Waals surface area contributed by atoms with Gasteiger partial charge in [-0.2, -0.15) is 4.98 Å². The van der Waals surface area contributed by atoms with E-state index in [0.717, 1.165) is 25.9 Å². The van der Waals surface area contributed by atoms with E-state index in [9.17, 15) is 4.79 Å². The van der Waals surface area contributed by atoms with Crippen LogP contribution in [0, 0.1) is 5.92 Å². The maximum atomic E-state index is 12.0. The second-order valence-corrected chi connectivity index (χ2v) is 5.32. The molecule has 1 aliphatic rings. The number of piperidine rings is 1. The molecule has 1 aromatic heterocycles. The van der Waals surface area contributed by atoms with Crippen LogP contribution < -0.4 is 15.0 Å². The lowest BCUT2D eigenvalue weighted by molar-refractivity contribution is -0.126. The topological polar surface area (TPSA) is 67.3 Å². The van der Waals surface area contributed by atoms with E-state index in [0.29, 0.717) is 11.8 Å². The van der Waals surface area contributed by atoms with E-state index in [4.69, 9.17) is 4.74 Å². The third-order valence-corrected chi connectivity index (χ3v) is 3.41. The average molecular weight is 278 g/mol. The van der Waals surface area contributed by atoms with Gasteiger partial charge in [0.15, 0.2) is 0 Å². The molecule has 1 fully saturated rings. The molecule has 0 aromatic carbocycles. The minimum atomic E-state index is 0.0965. The highest BCUT2D eigenvalue weighted by atomic mass is 16.5. The van der Waals surface area contributed by atoms with E-state index in [1.165, 1.54) is 0 Å². The van der Waals surface area contributed by atoms with Crippen LogP contribution in [0.25, 0.3) is 0 Å². The molecule has 2 rings (SSSR count). The fourth-order valence-electron chi connectivity index (χ4n) is 2.34. The quantitative estimate of drug-likeness (QED) is 0.897. The molecule has 1 aliphatic heterocycles. The number of rotatable bonds is 4. The molecule has 6 heteroatoms. The van der Waals surface area contributed by atoms with E-state index in [1.807, 2.05) is 13.8 Å². The van der Waals surface area contributed by atoms with Gasteiger partial charge in [0.2, 0.25) is 17.7 Å². The predicted molar refractivity (Wildman–Crippen MR) is 76.8 cm³/mol. The van der Waals surface area contributed by atoms with Gasteiger partial charge >= 0.3 is 0 Å². The van der Waals surface area contributed by atoms with Crippen LogP contribution in [0.1, 0.15) is 26.7 Å². The standard InChI is InChI=1S/C14H22N4O2/c1-10(2)16-13(19)11-5-8-18(9-6-11)14-15-7-4-12(17-14)20-3/h4,7,10-11H,5-6,8-9H2,1-3H3,(H,16,19). The Morgan fingerprint density at radius 1 is 1.45 bits per heavy atom. The number of aromatic nitrogens is 2. The number of anilines is 1. The summed E-state index contributed by atoms with van der Waals surface area (Å²) in [7, 11) is 1.59. The lowest BCUT2D eigenvalue weighted by atomic mass is 9.96.